The maximum absolute atomic E-state index is 3.60. The van der Waals surface area contributed by atoms with Gasteiger partial charge in [-0.3, -0.25) is 0 Å². The van der Waals surface area contributed by atoms with Gasteiger partial charge in [-0.15, -0.1) is 11.3 Å². The molecule has 1 aliphatic rings. The molecule has 0 saturated heterocycles. The summed E-state index contributed by atoms with van der Waals surface area (Å²) in [5, 5.41) is 5.89. The van der Waals surface area contributed by atoms with Crippen molar-refractivity contribution in [2.75, 3.05) is 7.05 Å². The van der Waals surface area contributed by atoms with E-state index in [4.69, 9.17) is 0 Å². The minimum absolute atomic E-state index is 0.690. The van der Waals surface area contributed by atoms with Gasteiger partial charge in [0.05, 0.1) is 0 Å². The van der Waals surface area contributed by atoms with E-state index in [1.54, 1.807) is 10.4 Å². The molecule has 1 N–H and O–H groups in total. The number of hydrogen-bond donors (Lipinski definition) is 1. The lowest BCUT2D eigenvalue weighted by molar-refractivity contribution is 0.382. The Morgan fingerprint density at radius 3 is 2.95 bits per heavy atom. The van der Waals surface area contributed by atoms with Crippen LogP contribution in [0.15, 0.2) is 11.4 Å². The van der Waals surface area contributed by atoms with Gasteiger partial charge in [0.15, 0.2) is 0 Å². The Bertz CT molecular complexity index is 358. The molecule has 1 heterocycles. The van der Waals surface area contributed by atoms with Gasteiger partial charge < -0.3 is 5.32 Å². The average molecular weight is 279 g/mol. The lowest BCUT2D eigenvalue weighted by Crippen LogP contribution is -2.33. The minimum atomic E-state index is 0.690. The van der Waals surface area contributed by atoms with Crippen LogP contribution in [0.1, 0.15) is 74.6 Å². The summed E-state index contributed by atoms with van der Waals surface area (Å²) in [5.41, 5.74) is 1.66. The van der Waals surface area contributed by atoms with Crippen molar-refractivity contribution in [1.29, 1.82) is 0 Å². The molecule has 108 valence electrons. The number of unbranched alkanes of at least 4 members (excludes halogenated alkanes) is 4. The number of rotatable bonds is 8. The molecule has 0 radical (unpaired) electrons. The summed E-state index contributed by atoms with van der Waals surface area (Å²) in [6.07, 6.45) is 12.4. The van der Waals surface area contributed by atoms with Crippen LogP contribution in [0.3, 0.4) is 0 Å². The third-order valence-corrected chi connectivity index (χ3v) is 5.57. The van der Waals surface area contributed by atoms with E-state index in [1.807, 2.05) is 11.3 Å². The topological polar surface area (TPSA) is 12.0 Å². The molecule has 0 saturated carbocycles. The van der Waals surface area contributed by atoms with Crippen molar-refractivity contribution in [2.24, 2.45) is 0 Å². The van der Waals surface area contributed by atoms with E-state index in [0.717, 1.165) is 5.92 Å². The number of hydrogen-bond acceptors (Lipinski definition) is 2. The van der Waals surface area contributed by atoms with Gasteiger partial charge in [0.25, 0.3) is 0 Å². The third kappa shape index (κ3) is 4.06. The van der Waals surface area contributed by atoms with E-state index in [-0.39, 0.29) is 0 Å². The van der Waals surface area contributed by atoms with Crippen LogP contribution in [0.25, 0.3) is 0 Å². The number of nitrogens with one attached hydrogen (secondary N) is 1. The summed E-state index contributed by atoms with van der Waals surface area (Å²) in [5.74, 6) is 0.770. The van der Waals surface area contributed by atoms with E-state index in [2.05, 4.69) is 30.7 Å². The minimum Gasteiger partial charge on any atom is -0.316 e. The van der Waals surface area contributed by atoms with Crippen molar-refractivity contribution in [2.45, 2.75) is 76.7 Å². The molecule has 1 nitrogen and oxygen atoms in total. The fourth-order valence-electron chi connectivity index (χ4n) is 3.45. The predicted octanol–water partition coefficient (Wildman–Crippen LogP) is 5.12. The van der Waals surface area contributed by atoms with E-state index >= 15 is 0 Å². The summed E-state index contributed by atoms with van der Waals surface area (Å²) < 4.78 is 0. The van der Waals surface area contributed by atoms with Crippen LogP contribution in [0.2, 0.25) is 0 Å². The first-order valence-corrected chi connectivity index (χ1v) is 8.98. The SMILES string of the molecule is CCCCCCCC(NC)C1CCCc2sccc21. The molecule has 2 unspecified atom stereocenters. The second kappa shape index (κ2) is 8.06. The lowest BCUT2D eigenvalue weighted by atomic mass is 9.80. The highest BCUT2D eigenvalue weighted by molar-refractivity contribution is 7.10. The molecule has 0 amide bonds. The van der Waals surface area contributed by atoms with Crippen LogP contribution in [-0.2, 0) is 6.42 Å². The summed E-state index contributed by atoms with van der Waals surface area (Å²) in [7, 11) is 2.15. The Morgan fingerprint density at radius 1 is 1.32 bits per heavy atom. The highest BCUT2D eigenvalue weighted by Crippen LogP contribution is 2.38. The molecule has 0 fully saturated rings. The number of aryl methyl sites for hydroxylation is 1. The Hall–Kier alpha value is -0.340. The summed E-state index contributed by atoms with van der Waals surface area (Å²) in [6, 6.07) is 3.07. The third-order valence-electron chi connectivity index (χ3n) is 4.57. The Kier molecular flexibility index (Phi) is 6.39. The smallest absolute Gasteiger partial charge is 0.0133 e. The van der Waals surface area contributed by atoms with Gasteiger partial charge in [-0.1, -0.05) is 39.0 Å². The van der Waals surface area contributed by atoms with Crippen LogP contribution < -0.4 is 5.32 Å². The van der Waals surface area contributed by atoms with E-state index < -0.39 is 0 Å². The Balaban J connectivity index is 1.85. The van der Waals surface area contributed by atoms with Crippen molar-refractivity contribution < 1.29 is 0 Å². The molecule has 0 aliphatic heterocycles. The van der Waals surface area contributed by atoms with Gasteiger partial charge in [-0.25, -0.2) is 0 Å². The molecule has 19 heavy (non-hydrogen) atoms. The first-order chi connectivity index (χ1) is 9.36. The standard InChI is InChI=1S/C17H29NS/c1-3-4-5-6-7-10-16(18-2)14-9-8-11-17-15(14)12-13-19-17/h12-14,16,18H,3-11H2,1-2H3. The van der Waals surface area contributed by atoms with Gasteiger partial charge in [0.1, 0.15) is 0 Å². The molecule has 0 bridgehead atoms. The van der Waals surface area contributed by atoms with Crippen molar-refractivity contribution >= 4 is 11.3 Å². The first-order valence-electron chi connectivity index (χ1n) is 8.10. The largest absolute Gasteiger partial charge is 0.316 e. The van der Waals surface area contributed by atoms with Crippen LogP contribution in [-0.4, -0.2) is 13.1 Å². The fourth-order valence-corrected chi connectivity index (χ4v) is 4.45. The Morgan fingerprint density at radius 2 is 2.16 bits per heavy atom. The number of likely N-dealkylation sites (N-methyl/N-ethyl adjacent to an activating group) is 1. The maximum atomic E-state index is 3.60. The van der Waals surface area contributed by atoms with Gasteiger partial charge in [0, 0.05) is 16.8 Å². The van der Waals surface area contributed by atoms with Crippen molar-refractivity contribution in [3.63, 3.8) is 0 Å². The van der Waals surface area contributed by atoms with Crippen LogP contribution in [0, 0.1) is 0 Å². The lowest BCUT2D eigenvalue weighted by Gasteiger charge is -2.30. The molecule has 1 aliphatic carbocycles. The molecule has 1 aromatic heterocycles. The average Bonchev–Trinajstić information content (AvgIpc) is 2.91. The van der Waals surface area contributed by atoms with Crippen molar-refractivity contribution in [3.8, 4) is 0 Å². The quantitative estimate of drug-likeness (QED) is 0.651. The molecule has 1 aromatic rings. The van der Waals surface area contributed by atoms with E-state index in [9.17, 15) is 0 Å². The zero-order chi connectivity index (χ0) is 13.5. The number of thiophene rings is 1. The van der Waals surface area contributed by atoms with Crippen LogP contribution in [0.5, 0.6) is 0 Å². The zero-order valence-corrected chi connectivity index (χ0v) is 13.4. The molecule has 2 atom stereocenters. The second-order valence-corrected chi connectivity index (χ2v) is 6.90. The van der Waals surface area contributed by atoms with E-state index in [0.29, 0.717) is 6.04 Å². The van der Waals surface area contributed by atoms with Crippen molar-refractivity contribution in [3.05, 3.63) is 21.9 Å². The van der Waals surface area contributed by atoms with Gasteiger partial charge in [-0.05, 0) is 49.7 Å². The maximum Gasteiger partial charge on any atom is 0.0133 e. The highest BCUT2D eigenvalue weighted by Gasteiger charge is 2.27. The molecule has 0 spiro atoms. The van der Waals surface area contributed by atoms with Gasteiger partial charge in [-0.2, -0.15) is 0 Å². The molecular weight excluding hydrogens is 250 g/mol. The van der Waals surface area contributed by atoms with Gasteiger partial charge in [0.2, 0.25) is 0 Å². The van der Waals surface area contributed by atoms with Crippen molar-refractivity contribution in [1.82, 2.24) is 5.32 Å². The second-order valence-electron chi connectivity index (χ2n) is 5.90. The molecular formula is C17H29NS. The zero-order valence-electron chi connectivity index (χ0n) is 12.6. The van der Waals surface area contributed by atoms with E-state index in [1.165, 1.54) is 57.8 Å². The normalized spacial score (nSPS) is 20.2. The van der Waals surface area contributed by atoms with Crippen LogP contribution in [0.4, 0.5) is 0 Å². The highest BCUT2D eigenvalue weighted by atomic mass is 32.1. The monoisotopic (exact) mass is 279 g/mol. The van der Waals surface area contributed by atoms with Gasteiger partial charge >= 0.3 is 0 Å². The molecule has 2 heteroatoms. The fraction of sp³-hybridized carbons (Fsp3) is 0.765. The predicted molar refractivity (Wildman–Crippen MR) is 86.2 cm³/mol. The number of fused-ring (bicyclic) bond motifs is 1. The summed E-state index contributed by atoms with van der Waals surface area (Å²) in [6.45, 7) is 2.29. The summed E-state index contributed by atoms with van der Waals surface area (Å²) >= 11 is 1.96. The van der Waals surface area contributed by atoms with Crippen LogP contribution >= 0.6 is 11.3 Å². The Labute approximate surface area is 122 Å². The first kappa shape index (κ1) is 15.1. The molecule has 0 aromatic carbocycles. The summed E-state index contributed by atoms with van der Waals surface area (Å²) in [4.78, 5) is 1.66. The molecule has 2 rings (SSSR count).